The Kier molecular flexibility index (Phi) is 3.47. The van der Waals surface area contributed by atoms with Gasteiger partial charge in [-0.2, -0.15) is 10.2 Å². The summed E-state index contributed by atoms with van der Waals surface area (Å²) in [6.45, 7) is 6.58. The van der Waals surface area contributed by atoms with Crippen LogP contribution in [0.3, 0.4) is 0 Å². The Bertz CT molecular complexity index is 744. The quantitative estimate of drug-likeness (QED) is 0.853. The van der Waals surface area contributed by atoms with Gasteiger partial charge in [-0.3, -0.25) is 14.2 Å². The van der Waals surface area contributed by atoms with Crippen molar-refractivity contribution in [3.05, 3.63) is 34.9 Å². The third kappa shape index (κ3) is 2.46. The monoisotopic (exact) mass is 313 g/mol. The van der Waals surface area contributed by atoms with Gasteiger partial charge in [0.25, 0.3) is 5.91 Å². The van der Waals surface area contributed by atoms with E-state index in [2.05, 4.69) is 27.9 Å². The molecule has 1 atom stereocenters. The van der Waals surface area contributed by atoms with E-state index >= 15 is 0 Å². The molecule has 2 aromatic heterocycles. The smallest absolute Gasteiger partial charge is 0.257 e. The predicted octanol–water partition coefficient (Wildman–Crippen LogP) is 2.12. The number of carbonyl (C=O) groups excluding carboxylic acids is 1. The molecule has 1 amide bonds. The van der Waals surface area contributed by atoms with Crippen molar-refractivity contribution in [1.29, 1.82) is 0 Å². The molecule has 6 heteroatoms. The van der Waals surface area contributed by atoms with Crippen LogP contribution in [-0.4, -0.2) is 43.5 Å². The zero-order valence-corrected chi connectivity index (χ0v) is 13.8. The molecule has 0 saturated carbocycles. The van der Waals surface area contributed by atoms with Gasteiger partial charge in [0, 0.05) is 25.3 Å². The summed E-state index contributed by atoms with van der Waals surface area (Å²) in [7, 11) is 0. The fraction of sp³-hybridized carbons (Fsp3) is 0.588. The van der Waals surface area contributed by atoms with E-state index in [4.69, 9.17) is 0 Å². The van der Waals surface area contributed by atoms with Crippen LogP contribution in [0, 0.1) is 13.8 Å². The highest BCUT2D eigenvalue weighted by molar-refractivity contribution is 5.95. The summed E-state index contributed by atoms with van der Waals surface area (Å²) in [6.07, 6.45) is 6.01. The van der Waals surface area contributed by atoms with Crippen molar-refractivity contribution in [3.63, 3.8) is 0 Å². The maximum atomic E-state index is 12.9. The van der Waals surface area contributed by atoms with Crippen molar-refractivity contribution in [1.82, 2.24) is 24.5 Å². The van der Waals surface area contributed by atoms with Crippen LogP contribution in [0.2, 0.25) is 0 Å². The van der Waals surface area contributed by atoms with E-state index in [1.165, 1.54) is 5.69 Å². The summed E-state index contributed by atoms with van der Waals surface area (Å²) in [5, 5.41) is 8.98. The molecule has 4 rings (SSSR count). The summed E-state index contributed by atoms with van der Waals surface area (Å²) in [5.41, 5.74) is 4.14. The van der Waals surface area contributed by atoms with Gasteiger partial charge >= 0.3 is 0 Å². The lowest BCUT2D eigenvalue weighted by molar-refractivity contribution is 0.0785. The first-order valence-corrected chi connectivity index (χ1v) is 8.50. The third-order valence-corrected chi connectivity index (χ3v) is 5.05. The maximum absolute atomic E-state index is 12.9. The van der Waals surface area contributed by atoms with Crippen LogP contribution in [-0.2, 0) is 13.0 Å². The number of nitrogens with zero attached hydrogens (tertiary/aromatic N) is 5. The van der Waals surface area contributed by atoms with E-state index in [0.717, 1.165) is 62.3 Å². The molecule has 0 N–H and O–H groups in total. The van der Waals surface area contributed by atoms with Gasteiger partial charge in [0.2, 0.25) is 0 Å². The average Bonchev–Trinajstić information content (AvgIpc) is 3.24. The number of aromatic nitrogens is 4. The summed E-state index contributed by atoms with van der Waals surface area (Å²) in [6, 6.07) is 2.39. The second-order valence-electron chi connectivity index (χ2n) is 6.75. The van der Waals surface area contributed by atoms with Crippen molar-refractivity contribution in [2.75, 3.05) is 13.1 Å². The predicted molar refractivity (Wildman–Crippen MR) is 86.4 cm³/mol. The molecule has 2 aliphatic rings. The molecule has 0 spiro atoms. The first kappa shape index (κ1) is 14.5. The number of rotatable bonds is 2. The van der Waals surface area contributed by atoms with Crippen LogP contribution in [0.1, 0.15) is 52.7 Å². The molecule has 2 aliphatic heterocycles. The number of amides is 1. The van der Waals surface area contributed by atoms with Crippen LogP contribution in [0.25, 0.3) is 0 Å². The maximum Gasteiger partial charge on any atom is 0.257 e. The number of likely N-dealkylation sites (tertiary alicyclic amines) is 1. The third-order valence-electron chi connectivity index (χ3n) is 5.05. The van der Waals surface area contributed by atoms with E-state index in [0.29, 0.717) is 6.04 Å². The fourth-order valence-electron chi connectivity index (χ4n) is 3.91. The molecule has 0 aromatic carbocycles. The first-order valence-electron chi connectivity index (χ1n) is 8.50. The van der Waals surface area contributed by atoms with Gasteiger partial charge < -0.3 is 4.90 Å². The van der Waals surface area contributed by atoms with E-state index in [1.54, 1.807) is 6.20 Å². The van der Waals surface area contributed by atoms with Gasteiger partial charge in [-0.1, -0.05) is 0 Å². The van der Waals surface area contributed by atoms with E-state index in [9.17, 15) is 4.79 Å². The number of carbonyl (C=O) groups is 1. The van der Waals surface area contributed by atoms with Crippen molar-refractivity contribution < 1.29 is 4.79 Å². The Labute approximate surface area is 136 Å². The molecule has 122 valence electrons. The lowest BCUT2D eigenvalue weighted by atomic mass is 10.1. The molecule has 0 radical (unpaired) electrons. The highest BCUT2D eigenvalue weighted by atomic mass is 16.2. The zero-order valence-electron chi connectivity index (χ0n) is 13.8. The number of hydrogen-bond donors (Lipinski definition) is 0. The molecule has 2 aromatic rings. The van der Waals surface area contributed by atoms with E-state index in [1.807, 2.05) is 16.5 Å². The minimum atomic E-state index is 0.136. The molecule has 0 aliphatic carbocycles. The Morgan fingerprint density at radius 1 is 1.26 bits per heavy atom. The Hall–Kier alpha value is -2.11. The van der Waals surface area contributed by atoms with E-state index in [-0.39, 0.29) is 5.91 Å². The summed E-state index contributed by atoms with van der Waals surface area (Å²) in [4.78, 5) is 14.9. The average molecular weight is 313 g/mol. The first-order chi connectivity index (χ1) is 11.1. The van der Waals surface area contributed by atoms with Crippen LogP contribution in [0.5, 0.6) is 0 Å². The van der Waals surface area contributed by atoms with Crippen LogP contribution < -0.4 is 0 Å². The Morgan fingerprint density at radius 2 is 2.13 bits per heavy atom. The normalized spacial score (nSPS) is 20.8. The molecule has 1 fully saturated rings. The van der Waals surface area contributed by atoms with Crippen LogP contribution >= 0.6 is 0 Å². The topological polar surface area (TPSA) is 56.0 Å². The molecule has 6 nitrogen and oxygen atoms in total. The summed E-state index contributed by atoms with van der Waals surface area (Å²) < 4.78 is 4.08. The highest BCUT2D eigenvalue weighted by Gasteiger charge is 2.31. The van der Waals surface area contributed by atoms with Crippen molar-refractivity contribution in [2.45, 2.75) is 52.1 Å². The number of aryl methyl sites for hydroxylation is 3. The van der Waals surface area contributed by atoms with Crippen molar-refractivity contribution in [3.8, 4) is 0 Å². The molecular formula is C17H23N5O. The van der Waals surface area contributed by atoms with Gasteiger partial charge in [-0.05, 0) is 45.6 Å². The SMILES string of the molecule is Cc1cc(C)n([C@H]2CCN(C(=O)c3cnn4c3CCCC4)C2)n1. The standard InChI is InChI=1S/C17H23N5O/c1-12-9-13(2)22(19-12)14-6-8-20(11-14)17(23)15-10-18-21-7-4-3-5-16(15)21/h9-10,14H,3-8,11H2,1-2H3/t14-/m0/s1. The Balaban J connectivity index is 1.52. The summed E-state index contributed by atoms with van der Waals surface area (Å²) in [5.74, 6) is 0.136. The minimum absolute atomic E-state index is 0.136. The van der Waals surface area contributed by atoms with E-state index < -0.39 is 0 Å². The van der Waals surface area contributed by atoms with Crippen molar-refractivity contribution in [2.24, 2.45) is 0 Å². The van der Waals surface area contributed by atoms with Crippen LogP contribution in [0.4, 0.5) is 0 Å². The molecule has 1 saturated heterocycles. The molecule has 4 heterocycles. The zero-order chi connectivity index (χ0) is 16.0. The minimum Gasteiger partial charge on any atom is -0.336 e. The second-order valence-corrected chi connectivity index (χ2v) is 6.75. The van der Waals surface area contributed by atoms with Gasteiger partial charge in [0.15, 0.2) is 0 Å². The Morgan fingerprint density at radius 3 is 2.91 bits per heavy atom. The summed E-state index contributed by atoms with van der Waals surface area (Å²) >= 11 is 0. The van der Waals surface area contributed by atoms with Crippen molar-refractivity contribution >= 4 is 5.91 Å². The van der Waals surface area contributed by atoms with Crippen LogP contribution in [0.15, 0.2) is 12.3 Å². The largest absolute Gasteiger partial charge is 0.336 e. The lowest BCUT2D eigenvalue weighted by Crippen LogP contribution is -2.30. The molecular weight excluding hydrogens is 290 g/mol. The number of hydrogen-bond acceptors (Lipinski definition) is 3. The lowest BCUT2D eigenvalue weighted by Gasteiger charge is -2.19. The number of fused-ring (bicyclic) bond motifs is 1. The molecule has 23 heavy (non-hydrogen) atoms. The second kappa shape index (κ2) is 5.51. The molecule has 0 unspecified atom stereocenters. The van der Waals surface area contributed by atoms with Gasteiger partial charge in [0.1, 0.15) is 0 Å². The fourth-order valence-corrected chi connectivity index (χ4v) is 3.91. The molecule has 0 bridgehead atoms. The van der Waals surface area contributed by atoms with Gasteiger partial charge in [-0.25, -0.2) is 0 Å². The van der Waals surface area contributed by atoms with Gasteiger partial charge in [-0.15, -0.1) is 0 Å². The highest BCUT2D eigenvalue weighted by Crippen LogP contribution is 2.26. The van der Waals surface area contributed by atoms with Gasteiger partial charge in [0.05, 0.1) is 29.2 Å².